The third-order valence-electron chi connectivity index (χ3n) is 4.40. The summed E-state index contributed by atoms with van der Waals surface area (Å²) in [6.45, 7) is 1.64. The summed E-state index contributed by atoms with van der Waals surface area (Å²) in [6, 6.07) is -0.818. The molecule has 1 aliphatic carbocycles. The highest BCUT2D eigenvalue weighted by Gasteiger charge is 2.43. The van der Waals surface area contributed by atoms with E-state index in [-0.39, 0.29) is 41.3 Å². The largest absolute Gasteiger partial charge is 0.471 e. The van der Waals surface area contributed by atoms with Gasteiger partial charge in [-0.05, 0) is 12.8 Å². The van der Waals surface area contributed by atoms with Crippen LogP contribution in [-0.4, -0.2) is 80.7 Å². The fourth-order valence-electron chi connectivity index (χ4n) is 2.94. The number of thioether (sulfide) groups is 1. The molecule has 5 N–H and O–H groups in total. The Bertz CT molecular complexity index is 761. The highest BCUT2D eigenvalue weighted by atomic mass is 127. The van der Waals surface area contributed by atoms with Gasteiger partial charge in [0.25, 0.3) is 0 Å². The molecule has 0 aliphatic heterocycles. The van der Waals surface area contributed by atoms with Crippen molar-refractivity contribution in [2.45, 2.75) is 59.9 Å². The molecule has 0 aromatic carbocycles. The van der Waals surface area contributed by atoms with E-state index < -0.39 is 36.4 Å². The fourth-order valence-corrected chi connectivity index (χ4v) is 4.21. The van der Waals surface area contributed by atoms with Crippen LogP contribution in [-0.2, 0) is 14.0 Å². The number of nitrogens with zero attached hydrogens (tertiary/aromatic N) is 2. The van der Waals surface area contributed by atoms with Gasteiger partial charge in [0.15, 0.2) is 11.0 Å². The number of nitrogens with one attached hydrogen (secondary N) is 2. The first-order chi connectivity index (χ1) is 14.6. The number of amides is 1. The Labute approximate surface area is 194 Å². The maximum atomic E-state index is 12.8. The first-order valence-electron chi connectivity index (χ1n) is 9.45. The minimum Gasteiger partial charge on any atom is -0.394 e. The van der Waals surface area contributed by atoms with Crippen LogP contribution in [0.3, 0.4) is 0 Å². The summed E-state index contributed by atoms with van der Waals surface area (Å²) in [5, 5.41) is 34.4. The predicted octanol–water partition coefficient (Wildman–Crippen LogP) is 1.70. The number of ether oxygens (including phenoxy) is 1. The minimum absolute atomic E-state index is 0.0433. The van der Waals surface area contributed by atoms with Crippen LogP contribution in [0.5, 0.6) is 0 Å². The molecule has 1 saturated carbocycles. The zero-order chi connectivity index (χ0) is 23.2. The average Bonchev–Trinajstić information content (AvgIpc) is 2.98. The molecule has 0 saturated heterocycles. The Morgan fingerprint density at radius 1 is 1.32 bits per heavy atom. The molecular weight excluding hydrogens is 556 g/mol. The first-order valence-corrected chi connectivity index (χ1v) is 12.0. The van der Waals surface area contributed by atoms with E-state index in [1.807, 2.05) is 34.8 Å². The number of hydrogen-bond acceptors (Lipinski definition) is 9. The van der Waals surface area contributed by atoms with Gasteiger partial charge in [0.05, 0.1) is 31.1 Å². The number of carbonyl (C=O) groups is 1. The summed E-state index contributed by atoms with van der Waals surface area (Å²) in [7, 11) is 0. The molecule has 1 heterocycles. The van der Waals surface area contributed by atoms with E-state index in [9.17, 15) is 28.2 Å². The van der Waals surface area contributed by atoms with Crippen molar-refractivity contribution < 1.29 is 38.0 Å². The lowest BCUT2D eigenvalue weighted by Crippen LogP contribution is -2.37. The second-order valence-electron chi connectivity index (χ2n) is 6.71. The maximum Gasteiger partial charge on any atom is 0.471 e. The lowest BCUT2D eigenvalue weighted by Gasteiger charge is -2.22. The fraction of sp³-hybridized carbons (Fsp3) is 0.706. The molecule has 0 spiro atoms. The van der Waals surface area contributed by atoms with Crippen molar-refractivity contribution in [3.8, 4) is 0 Å². The van der Waals surface area contributed by atoms with Crippen molar-refractivity contribution in [2.75, 3.05) is 29.6 Å². The monoisotopic (exact) mass is 580 g/mol. The van der Waals surface area contributed by atoms with Gasteiger partial charge in [0, 0.05) is 10.2 Å². The van der Waals surface area contributed by atoms with Gasteiger partial charge in [0.1, 0.15) is 17.9 Å². The van der Waals surface area contributed by atoms with Crippen LogP contribution in [0.1, 0.15) is 25.5 Å². The second kappa shape index (κ2) is 11.8. The lowest BCUT2D eigenvalue weighted by molar-refractivity contribution is -0.167. The summed E-state index contributed by atoms with van der Waals surface area (Å²) in [5.74, 6) is -1.58. The topological polar surface area (TPSA) is 137 Å². The molecule has 9 nitrogen and oxygen atoms in total. The number of carbonyl (C=O) groups excluding carboxylic acids is 1. The Hall–Kier alpha value is -0.940. The predicted molar refractivity (Wildman–Crippen MR) is 116 cm³/mol. The van der Waals surface area contributed by atoms with Crippen molar-refractivity contribution in [3.05, 3.63) is 5.69 Å². The maximum absolute atomic E-state index is 12.8. The molecule has 176 valence electrons. The third kappa shape index (κ3) is 7.02. The number of alkyl halides is 4. The first kappa shape index (κ1) is 26.3. The highest BCUT2D eigenvalue weighted by molar-refractivity contribution is 14.1. The van der Waals surface area contributed by atoms with Crippen LogP contribution in [0.4, 0.5) is 24.7 Å². The molecule has 2 rings (SSSR count). The van der Waals surface area contributed by atoms with Gasteiger partial charge >= 0.3 is 12.1 Å². The summed E-state index contributed by atoms with van der Waals surface area (Å²) in [6.07, 6.45) is -7.54. The van der Waals surface area contributed by atoms with Gasteiger partial charge in [-0.3, -0.25) is 4.79 Å². The molecule has 4 atom stereocenters. The quantitative estimate of drug-likeness (QED) is 0.121. The van der Waals surface area contributed by atoms with Gasteiger partial charge in [-0.1, -0.05) is 41.3 Å². The number of rotatable bonds is 10. The van der Waals surface area contributed by atoms with E-state index in [4.69, 9.17) is 9.84 Å². The van der Waals surface area contributed by atoms with E-state index in [0.717, 1.165) is 6.42 Å². The van der Waals surface area contributed by atoms with Gasteiger partial charge in [-0.2, -0.15) is 13.2 Å². The molecule has 0 bridgehead atoms. The van der Waals surface area contributed by atoms with Crippen LogP contribution in [0.15, 0.2) is 5.16 Å². The molecular formula is C17H24F3IN4O5S. The SMILES string of the molecule is CCCSc1nc(CI)c(NC(=O)C(F)(F)F)c(N[C@@H]2C[C@H](OCCO)[C@@H](O)[C@H]2O)n1. The number of aliphatic hydroxyl groups excluding tert-OH is 3. The van der Waals surface area contributed by atoms with Crippen molar-refractivity contribution >= 4 is 51.8 Å². The summed E-state index contributed by atoms with van der Waals surface area (Å²) < 4.78 is 44.0. The van der Waals surface area contributed by atoms with E-state index in [0.29, 0.717) is 10.9 Å². The zero-order valence-electron chi connectivity index (χ0n) is 16.5. The van der Waals surface area contributed by atoms with E-state index in [1.165, 1.54) is 11.8 Å². The molecule has 1 aromatic rings. The zero-order valence-corrected chi connectivity index (χ0v) is 19.5. The van der Waals surface area contributed by atoms with Crippen LogP contribution in [0.2, 0.25) is 0 Å². The Kier molecular flexibility index (Phi) is 10.0. The number of anilines is 2. The highest BCUT2D eigenvalue weighted by Crippen LogP contribution is 2.33. The molecule has 0 radical (unpaired) electrons. The normalized spacial score (nSPS) is 23.7. The summed E-state index contributed by atoms with van der Waals surface area (Å²) >= 11 is 3.22. The van der Waals surface area contributed by atoms with Gasteiger partial charge in [0.2, 0.25) is 0 Å². The van der Waals surface area contributed by atoms with E-state index in [2.05, 4.69) is 15.3 Å². The van der Waals surface area contributed by atoms with Crippen molar-refractivity contribution in [1.29, 1.82) is 0 Å². The number of aromatic nitrogens is 2. The molecule has 31 heavy (non-hydrogen) atoms. The van der Waals surface area contributed by atoms with Crippen LogP contribution >= 0.6 is 34.4 Å². The molecule has 1 fully saturated rings. The molecule has 1 aromatic heterocycles. The Morgan fingerprint density at radius 3 is 2.61 bits per heavy atom. The lowest BCUT2D eigenvalue weighted by atomic mass is 10.2. The second-order valence-corrected chi connectivity index (χ2v) is 8.54. The number of hydrogen-bond donors (Lipinski definition) is 5. The Morgan fingerprint density at radius 2 is 2.03 bits per heavy atom. The van der Waals surface area contributed by atoms with Crippen molar-refractivity contribution in [1.82, 2.24) is 9.97 Å². The van der Waals surface area contributed by atoms with Crippen molar-refractivity contribution in [2.24, 2.45) is 0 Å². The summed E-state index contributed by atoms with van der Waals surface area (Å²) in [5.41, 5.74) is -0.0468. The minimum atomic E-state index is -5.11. The van der Waals surface area contributed by atoms with Gasteiger partial charge < -0.3 is 30.7 Å². The third-order valence-corrected chi connectivity index (χ3v) is 6.17. The van der Waals surface area contributed by atoms with Crippen LogP contribution in [0.25, 0.3) is 0 Å². The molecule has 1 amide bonds. The number of halogens is 4. The van der Waals surface area contributed by atoms with Crippen molar-refractivity contribution in [3.63, 3.8) is 0 Å². The van der Waals surface area contributed by atoms with Gasteiger partial charge in [-0.25, -0.2) is 9.97 Å². The van der Waals surface area contributed by atoms with Gasteiger partial charge in [-0.15, -0.1) is 0 Å². The average molecular weight is 580 g/mol. The van der Waals surface area contributed by atoms with Crippen LogP contribution in [0, 0.1) is 0 Å². The van der Waals surface area contributed by atoms with E-state index in [1.54, 1.807) is 0 Å². The van der Waals surface area contributed by atoms with E-state index >= 15 is 0 Å². The summed E-state index contributed by atoms with van der Waals surface area (Å²) in [4.78, 5) is 20.1. The molecule has 0 unspecified atom stereocenters. The molecule has 1 aliphatic rings. The molecule has 14 heteroatoms. The number of aliphatic hydroxyl groups is 3. The Balaban J connectivity index is 2.36. The smallest absolute Gasteiger partial charge is 0.394 e. The standard InChI is InChI=1S/C17H24F3IN4O5S/c1-2-5-31-16-23-9(7-21)11(24-15(29)17(18,19)20)14(25-16)22-8-6-10(30-4-3-26)13(28)12(8)27/h8,10,12-13,26-28H,2-7H2,1H3,(H,24,29)(H,22,23,25)/t8-,10+,12+,13-/m1/s1. The van der Waals surface area contributed by atoms with Crippen LogP contribution < -0.4 is 10.6 Å².